The fourth-order valence-corrected chi connectivity index (χ4v) is 3.91. The van der Waals surface area contributed by atoms with E-state index in [1.54, 1.807) is 0 Å². The van der Waals surface area contributed by atoms with E-state index in [-0.39, 0.29) is 5.92 Å². The van der Waals surface area contributed by atoms with E-state index in [1.807, 2.05) is 24.7 Å². The maximum atomic E-state index is 11.8. The van der Waals surface area contributed by atoms with Crippen LogP contribution in [0.2, 0.25) is 0 Å². The first-order chi connectivity index (χ1) is 12.9. The van der Waals surface area contributed by atoms with Gasteiger partial charge in [-0.15, -0.1) is 5.10 Å². The lowest BCUT2D eigenvalue weighted by molar-refractivity contribution is -0.122. The highest BCUT2D eigenvalue weighted by molar-refractivity contribution is 5.80. The third kappa shape index (κ3) is 8.54. The van der Waals surface area contributed by atoms with Gasteiger partial charge in [0, 0.05) is 25.1 Å². The van der Waals surface area contributed by atoms with Crippen LogP contribution in [-0.2, 0) is 22.5 Å². The Bertz CT molecular complexity index is 546. The van der Waals surface area contributed by atoms with Crippen LogP contribution in [-0.4, -0.2) is 34.0 Å². The summed E-state index contributed by atoms with van der Waals surface area (Å²) in [6.07, 6.45) is 11.2. The first-order valence-electron chi connectivity index (χ1n) is 10.9. The van der Waals surface area contributed by atoms with Crippen molar-refractivity contribution in [2.24, 2.45) is 23.7 Å². The molecule has 154 valence electrons. The Morgan fingerprint density at radius 3 is 2.41 bits per heavy atom. The van der Waals surface area contributed by atoms with Crippen LogP contribution in [0.5, 0.6) is 0 Å². The van der Waals surface area contributed by atoms with Gasteiger partial charge in [-0.1, -0.05) is 58.6 Å². The van der Waals surface area contributed by atoms with Gasteiger partial charge in [0.05, 0.1) is 18.8 Å². The lowest BCUT2D eigenvalue weighted by Gasteiger charge is -2.28. The minimum atomic E-state index is 0.192. The van der Waals surface area contributed by atoms with Crippen molar-refractivity contribution in [3.63, 3.8) is 0 Å². The van der Waals surface area contributed by atoms with E-state index < -0.39 is 0 Å². The Hall–Kier alpha value is -1.23. The molecule has 0 radical (unpaired) electrons. The molecule has 0 saturated heterocycles. The first-order valence-corrected chi connectivity index (χ1v) is 10.9. The third-order valence-electron chi connectivity index (χ3n) is 5.75. The lowest BCUT2D eigenvalue weighted by atomic mass is 9.78. The molecule has 1 aromatic rings. The van der Waals surface area contributed by atoms with Crippen molar-refractivity contribution in [1.29, 1.82) is 0 Å². The normalized spacial score (nSPS) is 20.5. The number of Topliss-reactive ketones (excluding diaryl/α,β-unsaturated/α-hetero) is 1. The monoisotopic (exact) mass is 377 g/mol. The van der Waals surface area contributed by atoms with Crippen molar-refractivity contribution in [2.75, 3.05) is 13.2 Å². The predicted molar refractivity (Wildman–Crippen MR) is 109 cm³/mol. The van der Waals surface area contributed by atoms with Gasteiger partial charge in [0.15, 0.2) is 0 Å². The highest BCUT2D eigenvalue weighted by atomic mass is 16.5. The van der Waals surface area contributed by atoms with Gasteiger partial charge in [-0.05, 0) is 37.0 Å². The molecule has 0 aliphatic heterocycles. The minimum absolute atomic E-state index is 0.192. The van der Waals surface area contributed by atoms with E-state index >= 15 is 0 Å². The molecule has 27 heavy (non-hydrogen) atoms. The average Bonchev–Trinajstić information content (AvgIpc) is 3.06. The Labute approximate surface area is 165 Å². The van der Waals surface area contributed by atoms with Crippen LogP contribution in [0, 0.1) is 23.7 Å². The Morgan fingerprint density at radius 2 is 1.78 bits per heavy atom. The van der Waals surface area contributed by atoms with E-state index in [0.717, 1.165) is 56.4 Å². The molecule has 1 heterocycles. The molecule has 2 rings (SSSR count). The van der Waals surface area contributed by atoms with Crippen molar-refractivity contribution in [3.05, 3.63) is 11.9 Å². The topological polar surface area (TPSA) is 57.0 Å². The number of aromatic nitrogens is 3. The summed E-state index contributed by atoms with van der Waals surface area (Å²) < 4.78 is 7.72. The molecule has 5 nitrogen and oxygen atoms in total. The average molecular weight is 378 g/mol. The van der Waals surface area contributed by atoms with Gasteiger partial charge in [-0.25, -0.2) is 4.68 Å². The number of ether oxygens (including phenoxy) is 1. The quantitative estimate of drug-likeness (QED) is 0.496. The largest absolute Gasteiger partial charge is 0.380 e. The number of carbonyl (C=O) groups excluding carboxylic acids is 1. The number of hydrogen-bond acceptors (Lipinski definition) is 4. The third-order valence-corrected chi connectivity index (χ3v) is 5.75. The maximum absolute atomic E-state index is 11.8. The first kappa shape index (κ1) is 22.1. The van der Waals surface area contributed by atoms with Crippen LogP contribution in [0.4, 0.5) is 0 Å². The molecule has 0 N–H and O–H groups in total. The van der Waals surface area contributed by atoms with Crippen LogP contribution < -0.4 is 0 Å². The summed E-state index contributed by atoms with van der Waals surface area (Å²) in [5, 5.41) is 8.38. The van der Waals surface area contributed by atoms with Gasteiger partial charge >= 0.3 is 0 Å². The number of rotatable bonds is 12. The molecule has 0 amide bonds. The van der Waals surface area contributed by atoms with Crippen molar-refractivity contribution in [3.8, 4) is 0 Å². The zero-order valence-electron chi connectivity index (χ0n) is 17.8. The van der Waals surface area contributed by atoms with Gasteiger partial charge in [-0.3, -0.25) is 4.79 Å². The standard InChI is InChI=1S/C22H39N3O2/c1-17(2)15-21-16-25(24-23-21)12-14-27-13-11-20-7-5-19(6-8-20)9-10-22(26)18(3)4/h16-20H,5-15H2,1-4H3. The molecule has 0 spiro atoms. The molecule has 0 aromatic carbocycles. The Morgan fingerprint density at radius 1 is 1.11 bits per heavy atom. The summed E-state index contributed by atoms with van der Waals surface area (Å²) in [6, 6.07) is 0. The van der Waals surface area contributed by atoms with Crippen LogP contribution in [0.15, 0.2) is 6.20 Å². The van der Waals surface area contributed by atoms with Gasteiger partial charge in [0.1, 0.15) is 5.78 Å². The summed E-state index contributed by atoms with van der Waals surface area (Å²) in [5.41, 5.74) is 1.07. The summed E-state index contributed by atoms with van der Waals surface area (Å²) >= 11 is 0. The predicted octanol–water partition coefficient (Wildman–Crippen LogP) is 4.70. The van der Waals surface area contributed by atoms with Crippen molar-refractivity contribution >= 4 is 5.78 Å². The van der Waals surface area contributed by atoms with Crippen molar-refractivity contribution < 1.29 is 9.53 Å². The van der Waals surface area contributed by atoms with E-state index in [0.29, 0.717) is 18.3 Å². The van der Waals surface area contributed by atoms with Crippen molar-refractivity contribution in [2.45, 2.75) is 85.6 Å². The zero-order chi connectivity index (χ0) is 19.6. The molecule has 1 saturated carbocycles. The number of nitrogens with zero attached hydrogens (tertiary/aromatic N) is 3. The number of carbonyl (C=O) groups is 1. The second kappa shape index (κ2) is 11.6. The van der Waals surface area contributed by atoms with Crippen LogP contribution in [0.25, 0.3) is 0 Å². The van der Waals surface area contributed by atoms with E-state index in [1.165, 1.54) is 25.7 Å². The van der Waals surface area contributed by atoms with Gasteiger partial charge in [0.25, 0.3) is 0 Å². The fraction of sp³-hybridized carbons (Fsp3) is 0.864. The van der Waals surface area contributed by atoms with Crippen molar-refractivity contribution in [1.82, 2.24) is 15.0 Å². The smallest absolute Gasteiger partial charge is 0.135 e. The molecule has 1 aliphatic rings. The summed E-state index contributed by atoms with van der Waals surface area (Å²) in [4.78, 5) is 11.8. The second-order valence-electron chi connectivity index (χ2n) is 9.02. The zero-order valence-corrected chi connectivity index (χ0v) is 17.8. The number of ketones is 1. The van der Waals surface area contributed by atoms with E-state index in [2.05, 4.69) is 24.2 Å². The molecule has 0 atom stereocenters. The molecule has 0 unspecified atom stereocenters. The molecule has 0 bridgehead atoms. The lowest BCUT2D eigenvalue weighted by Crippen LogP contribution is -2.18. The highest BCUT2D eigenvalue weighted by Gasteiger charge is 2.22. The maximum Gasteiger partial charge on any atom is 0.135 e. The number of hydrogen-bond donors (Lipinski definition) is 0. The molecule has 1 aromatic heterocycles. The molecule has 1 aliphatic carbocycles. The second-order valence-corrected chi connectivity index (χ2v) is 9.02. The molecule has 5 heteroatoms. The van der Waals surface area contributed by atoms with Crippen LogP contribution in [0.3, 0.4) is 0 Å². The SMILES string of the molecule is CC(C)Cc1cn(CCOCCC2CCC(CCC(=O)C(C)C)CC2)nn1. The van der Waals surface area contributed by atoms with Crippen LogP contribution in [0.1, 0.15) is 78.3 Å². The van der Waals surface area contributed by atoms with Gasteiger partial charge in [0.2, 0.25) is 0 Å². The highest BCUT2D eigenvalue weighted by Crippen LogP contribution is 2.33. The summed E-state index contributed by atoms with van der Waals surface area (Å²) in [6.45, 7) is 10.7. The molecular formula is C22H39N3O2. The van der Waals surface area contributed by atoms with E-state index in [9.17, 15) is 4.79 Å². The van der Waals surface area contributed by atoms with Crippen LogP contribution >= 0.6 is 0 Å². The fourth-order valence-electron chi connectivity index (χ4n) is 3.91. The van der Waals surface area contributed by atoms with Gasteiger partial charge in [-0.2, -0.15) is 0 Å². The Kier molecular flexibility index (Phi) is 9.46. The summed E-state index contributed by atoms with van der Waals surface area (Å²) in [7, 11) is 0. The molecular weight excluding hydrogens is 338 g/mol. The minimum Gasteiger partial charge on any atom is -0.380 e. The Balaban J connectivity index is 1.51. The summed E-state index contributed by atoms with van der Waals surface area (Å²) in [5.74, 6) is 2.78. The molecule has 1 fully saturated rings. The van der Waals surface area contributed by atoms with Gasteiger partial charge < -0.3 is 4.74 Å². The van der Waals surface area contributed by atoms with E-state index in [4.69, 9.17) is 4.74 Å².